The van der Waals surface area contributed by atoms with E-state index in [1.807, 2.05) is 30.3 Å². The Morgan fingerprint density at radius 3 is 2.53 bits per heavy atom. The van der Waals surface area contributed by atoms with Crippen molar-refractivity contribution in [2.24, 2.45) is 0 Å². The number of rotatable bonds is 6. The Hall–Kier alpha value is -2.22. The second-order valence-electron chi connectivity index (χ2n) is 3.35. The molecule has 0 saturated carbocycles. The van der Waals surface area contributed by atoms with Crippen molar-refractivity contribution in [1.29, 1.82) is 0 Å². The van der Waals surface area contributed by atoms with Gasteiger partial charge in [-0.05, 0) is 17.7 Å². The summed E-state index contributed by atoms with van der Waals surface area (Å²) in [6.07, 6.45) is 6.03. The van der Waals surface area contributed by atoms with Gasteiger partial charge in [-0.2, -0.15) is 0 Å². The van der Waals surface area contributed by atoms with Crippen molar-refractivity contribution in [1.82, 2.24) is 0 Å². The maximum atomic E-state index is 9.43. The molecule has 0 radical (unpaired) electrons. The van der Waals surface area contributed by atoms with E-state index in [2.05, 4.69) is 13.2 Å². The van der Waals surface area contributed by atoms with E-state index in [4.69, 9.17) is 4.74 Å². The van der Waals surface area contributed by atoms with Crippen molar-refractivity contribution in [2.45, 2.75) is 6.61 Å². The molecule has 0 fully saturated rings. The monoisotopic (exact) mass is 228 g/mol. The molecule has 0 heterocycles. The minimum atomic E-state index is 0.0861. The quantitative estimate of drug-likeness (QED) is 0.591. The van der Waals surface area contributed by atoms with Crippen LogP contribution >= 0.6 is 0 Å². The Balaban J connectivity index is 2.62. The molecule has 0 spiro atoms. The second-order valence-corrected chi connectivity index (χ2v) is 3.35. The van der Waals surface area contributed by atoms with Gasteiger partial charge in [-0.15, -0.1) is 0 Å². The number of benzene rings is 1. The third-order valence-corrected chi connectivity index (χ3v) is 2.03. The number of aliphatic hydroxyl groups is 1. The highest BCUT2D eigenvalue weighted by molar-refractivity contribution is 5.23. The molecule has 0 bridgehead atoms. The molecule has 2 heteroatoms. The molecule has 0 aliphatic heterocycles. The minimum absolute atomic E-state index is 0.0861. The van der Waals surface area contributed by atoms with Gasteiger partial charge in [0.2, 0.25) is 0 Å². The zero-order chi connectivity index (χ0) is 12.5. The highest BCUT2D eigenvalue weighted by Gasteiger charge is 1.96. The minimum Gasteiger partial charge on any atom is -0.508 e. The smallest absolute Gasteiger partial charge is 0.122 e. The first-order valence-corrected chi connectivity index (χ1v) is 5.29. The highest BCUT2D eigenvalue weighted by Crippen LogP contribution is 2.08. The van der Waals surface area contributed by atoms with Gasteiger partial charge >= 0.3 is 0 Å². The van der Waals surface area contributed by atoms with Gasteiger partial charge in [-0.1, -0.05) is 49.6 Å². The van der Waals surface area contributed by atoms with Gasteiger partial charge in [0.05, 0.1) is 0 Å². The third-order valence-electron chi connectivity index (χ3n) is 2.03. The zero-order valence-electron chi connectivity index (χ0n) is 9.67. The molecule has 0 aliphatic rings. The number of aliphatic hydroxyl groups excluding tert-OH is 1. The van der Waals surface area contributed by atoms with Gasteiger partial charge in [0.25, 0.3) is 0 Å². The molecular formula is C15H16O2. The van der Waals surface area contributed by atoms with Crippen LogP contribution in [0.2, 0.25) is 0 Å². The van der Waals surface area contributed by atoms with Gasteiger partial charge < -0.3 is 9.84 Å². The summed E-state index contributed by atoms with van der Waals surface area (Å²) in [6.45, 7) is 7.57. The topological polar surface area (TPSA) is 29.5 Å². The molecule has 2 nitrogen and oxygen atoms in total. The molecule has 17 heavy (non-hydrogen) atoms. The maximum Gasteiger partial charge on any atom is 0.122 e. The zero-order valence-corrected chi connectivity index (χ0v) is 9.67. The van der Waals surface area contributed by atoms with Crippen molar-refractivity contribution >= 4 is 0 Å². The van der Waals surface area contributed by atoms with Crippen LogP contribution in [0.3, 0.4) is 0 Å². The van der Waals surface area contributed by atoms with E-state index in [1.165, 1.54) is 18.2 Å². The molecule has 0 aromatic heterocycles. The van der Waals surface area contributed by atoms with Gasteiger partial charge in [-0.3, -0.25) is 0 Å². The fourth-order valence-corrected chi connectivity index (χ4v) is 1.22. The fraction of sp³-hybridized carbons (Fsp3) is 0.0667. The van der Waals surface area contributed by atoms with Crippen molar-refractivity contribution in [3.8, 4) is 0 Å². The lowest BCUT2D eigenvalue weighted by Crippen LogP contribution is -1.92. The average molecular weight is 228 g/mol. The highest BCUT2D eigenvalue weighted by atomic mass is 16.5. The van der Waals surface area contributed by atoms with Crippen molar-refractivity contribution in [2.75, 3.05) is 0 Å². The fourth-order valence-electron chi connectivity index (χ4n) is 1.22. The molecule has 0 saturated heterocycles. The lowest BCUT2D eigenvalue weighted by Gasteiger charge is -2.06. The van der Waals surface area contributed by atoms with E-state index in [-0.39, 0.29) is 5.76 Å². The van der Waals surface area contributed by atoms with Crippen LogP contribution in [0.1, 0.15) is 5.56 Å². The van der Waals surface area contributed by atoms with E-state index in [0.29, 0.717) is 12.4 Å². The lowest BCUT2D eigenvalue weighted by atomic mass is 10.2. The van der Waals surface area contributed by atoms with Crippen LogP contribution in [0, 0.1) is 0 Å². The molecule has 88 valence electrons. The number of ether oxygens (including phenoxy) is 1. The maximum absolute atomic E-state index is 9.43. The van der Waals surface area contributed by atoms with E-state index in [0.717, 1.165) is 5.56 Å². The molecule has 0 unspecified atom stereocenters. The van der Waals surface area contributed by atoms with Crippen LogP contribution in [0.15, 0.2) is 79.3 Å². The molecule has 0 amide bonds. The molecule has 1 N–H and O–H groups in total. The van der Waals surface area contributed by atoms with E-state index in [9.17, 15) is 5.11 Å². The Morgan fingerprint density at radius 2 is 1.94 bits per heavy atom. The molecule has 0 atom stereocenters. The Kier molecular flexibility index (Phi) is 5.38. The van der Waals surface area contributed by atoms with E-state index < -0.39 is 0 Å². The first-order valence-electron chi connectivity index (χ1n) is 5.29. The third kappa shape index (κ3) is 4.89. The van der Waals surface area contributed by atoms with Gasteiger partial charge in [-0.25, -0.2) is 0 Å². The second kappa shape index (κ2) is 7.12. The van der Waals surface area contributed by atoms with Crippen molar-refractivity contribution < 1.29 is 9.84 Å². The van der Waals surface area contributed by atoms with Crippen molar-refractivity contribution in [3.05, 3.63) is 84.9 Å². The molecule has 1 rings (SSSR count). The molecule has 1 aromatic rings. The van der Waals surface area contributed by atoms with Crippen LogP contribution in [0.4, 0.5) is 0 Å². The predicted octanol–water partition coefficient (Wildman–Crippen LogP) is 3.90. The van der Waals surface area contributed by atoms with Crippen molar-refractivity contribution in [3.63, 3.8) is 0 Å². The Morgan fingerprint density at radius 1 is 1.24 bits per heavy atom. The Labute approximate surface area is 102 Å². The van der Waals surface area contributed by atoms with Gasteiger partial charge in [0.1, 0.15) is 18.1 Å². The first-order chi connectivity index (χ1) is 8.26. The van der Waals surface area contributed by atoms with Crippen LogP contribution in [0.5, 0.6) is 0 Å². The van der Waals surface area contributed by atoms with Crippen LogP contribution < -0.4 is 0 Å². The first kappa shape index (κ1) is 12.8. The largest absolute Gasteiger partial charge is 0.508 e. The standard InChI is InChI=1S/C15H16O2/c1-3-8-14(16)11-15(4-2)17-12-13-9-6-5-7-10-13/h3-11,16H,1-2,12H2/b14-8+,15-11+. The normalized spacial score (nSPS) is 12.0. The summed E-state index contributed by atoms with van der Waals surface area (Å²) in [5, 5.41) is 9.43. The van der Waals surface area contributed by atoms with Gasteiger partial charge in [0, 0.05) is 6.08 Å². The van der Waals surface area contributed by atoms with Crippen LogP contribution in [0.25, 0.3) is 0 Å². The summed E-state index contributed by atoms with van der Waals surface area (Å²) in [4.78, 5) is 0. The summed E-state index contributed by atoms with van der Waals surface area (Å²) >= 11 is 0. The summed E-state index contributed by atoms with van der Waals surface area (Å²) in [7, 11) is 0. The Bertz CT molecular complexity index is 427. The van der Waals surface area contributed by atoms with Crippen LogP contribution in [-0.2, 0) is 11.3 Å². The summed E-state index contributed by atoms with van der Waals surface area (Å²) < 4.78 is 5.50. The molecule has 0 aliphatic carbocycles. The average Bonchev–Trinajstić information content (AvgIpc) is 2.36. The number of allylic oxidation sites excluding steroid dienone is 4. The number of hydrogen-bond donors (Lipinski definition) is 1. The summed E-state index contributed by atoms with van der Waals surface area (Å²) in [5.74, 6) is 0.604. The lowest BCUT2D eigenvalue weighted by molar-refractivity contribution is 0.209. The van der Waals surface area contributed by atoms with Crippen LogP contribution in [-0.4, -0.2) is 5.11 Å². The number of hydrogen-bond acceptors (Lipinski definition) is 2. The van der Waals surface area contributed by atoms with E-state index >= 15 is 0 Å². The summed E-state index contributed by atoms with van der Waals surface area (Å²) in [5.41, 5.74) is 1.06. The SMILES string of the molecule is C=C/C=C(O)\C=C(/C=C)OCc1ccccc1. The van der Waals surface area contributed by atoms with Gasteiger partial charge in [0.15, 0.2) is 0 Å². The molecule has 1 aromatic carbocycles. The summed E-state index contributed by atoms with van der Waals surface area (Å²) in [6, 6.07) is 9.79. The van der Waals surface area contributed by atoms with E-state index in [1.54, 1.807) is 6.08 Å². The predicted molar refractivity (Wildman–Crippen MR) is 70.4 cm³/mol. The molecular weight excluding hydrogens is 212 g/mol.